The lowest BCUT2D eigenvalue weighted by Crippen LogP contribution is -2.21. The number of aliphatic hydroxyl groups is 1. The molecule has 4 heterocycles. The van der Waals surface area contributed by atoms with Crippen LogP contribution >= 0.6 is 0 Å². The fourth-order valence-corrected chi connectivity index (χ4v) is 7.65. The van der Waals surface area contributed by atoms with Crippen molar-refractivity contribution in [3.63, 3.8) is 0 Å². The van der Waals surface area contributed by atoms with E-state index in [2.05, 4.69) is 168 Å². The molecule has 5 N–H and O–H groups in total. The second kappa shape index (κ2) is 30.3. The first-order valence-corrected chi connectivity index (χ1v) is 23.8. The van der Waals surface area contributed by atoms with Crippen LogP contribution in [0.25, 0.3) is 0 Å². The predicted octanol–water partition coefficient (Wildman–Crippen LogP) is 8.40. The third kappa shape index (κ3) is 20.0. The Bertz CT molecular complexity index is 2230. The van der Waals surface area contributed by atoms with Crippen molar-refractivity contribution in [2.45, 2.75) is 78.5 Å². The molecule has 1 unspecified atom stereocenters. The SMILES string of the molecule is C=C/C(=C\C=C(/C)C1Cc2ccc(cc2)CNCc2cccc(c2)CNCc2ccc(cc2)COCCOCCO1)CNCc1cccc(CNCc2ccc(COCCOCCO)cc2)c1. The molecule has 0 fully saturated rings. The fourth-order valence-electron chi connectivity index (χ4n) is 7.65. The zero-order valence-electron chi connectivity index (χ0n) is 39.5. The molecule has 0 radical (unpaired) electrons. The number of rotatable bonds is 18. The van der Waals surface area contributed by atoms with Crippen LogP contribution < -0.4 is 21.3 Å². The average Bonchev–Trinajstić information content (AvgIpc) is 3.35. The molecule has 4 aliphatic heterocycles. The molecule has 0 spiro atoms. The standard InChI is InChI=1S/C57H72N4O6/c1-3-46(35-58-39-53-6-4-7-54(32-53)41-60-37-49-16-20-51(21-17-49)43-65-28-26-63-25-24-62)11-10-45(2)57-34-47-12-14-48(15-13-47)36-59-40-55-8-5-9-56(33-55)42-61-38-50-18-22-52(23-19-50)44-66-29-27-64-30-31-67-57/h3-23,32-33,57-62H,1,24-31,34-44H2,2H3/b45-10+,46-11+. The van der Waals surface area contributed by atoms with Gasteiger partial charge in [-0.15, -0.1) is 0 Å². The Morgan fingerprint density at radius 2 is 1.19 bits per heavy atom. The molecule has 5 aromatic rings. The molecule has 4 aliphatic rings. The summed E-state index contributed by atoms with van der Waals surface area (Å²) in [5.41, 5.74) is 14.5. The minimum Gasteiger partial charge on any atom is -0.394 e. The quantitative estimate of drug-likeness (QED) is 0.0434. The highest BCUT2D eigenvalue weighted by atomic mass is 16.5. The molecule has 0 aromatic heterocycles. The van der Waals surface area contributed by atoms with E-state index in [1.807, 2.05) is 6.08 Å². The van der Waals surface area contributed by atoms with Gasteiger partial charge >= 0.3 is 0 Å². The lowest BCUT2D eigenvalue weighted by molar-refractivity contribution is -0.00417. The number of allylic oxidation sites excluding steroid dienone is 2. The third-order valence-corrected chi connectivity index (χ3v) is 11.5. The van der Waals surface area contributed by atoms with Gasteiger partial charge in [-0.25, -0.2) is 0 Å². The Morgan fingerprint density at radius 1 is 0.612 bits per heavy atom. The minimum atomic E-state index is -0.115. The normalized spacial score (nSPS) is 16.2. The summed E-state index contributed by atoms with van der Waals surface area (Å²) in [6.45, 7) is 17.0. The van der Waals surface area contributed by atoms with E-state index in [1.54, 1.807) is 0 Å². The summed E-state index contributed by atoms with van der Waals surface area (Å²) < 4.78 is 29.3. The molecule has 1 atom stereocenters. The number of nitrogens with one attached hydrogen (secondary N) is 4. The predicted molar refractivity (Wildman–Crippen MR) is 269 cm³/mol. The first-order chi connectivity index (χ1) is 33.0. The lowest BCUT2D eigenvalue weighted by Gasteiger charge is -2.19. The van der Waals surface area contributed by atoms with Crippen LogP contribution in [0.15, 0.2) is 157 Å². The summed E-state index contributed by atoms with van der Waals surface area (Å²) in [7, 11) is 0. The molecule has 0 amide bonds. The first-order valence-electron chi connectivity index (χ1n) is 23.8. The molecule has 10 nitrogen and oxygen atoms in total. The highest BCUT2D eigenvalue weighted by Gasteiger charge is 2.13. The number of ether oxygens (including phenoxy) is 5. The molecule has 6 bridgehead atoms. The van der Waals surface area contributed by atoms with Crippen LogP contribution in [0.3, 0.4) is 0 Å². The van der Waals surface area contributed by atoms with Crippen LogP contribution in [0.4, 0.5) is 0 Å². The van der Waals surface area contributed by atoms with E-state index in [1.165, 1.54) is 44.5 Å². The van der Waals surface area contributed by atoms with Crippen molar-refractivity contribution in [3.05, 3.63) is 213 Å². The van der Waals surface area contributed by atoms with Gasteiger partial charge in [0.2, 0.25) is 0 Å². The molecule has 9 rings (SSSR count). The van der Waals surface area contributed by atoms with Gasteiger partial charge in [-0.1, -0.05) is 146 Å². The van der Waals surface area contributed by atoms with Crippen LogP contribution in [0, 0.1) is 0 Å². The van der Waals surface area contributed by atoms with Crippen LogP contribution in [-0.2, 0) is 89.1 Å². The van der Waals surface area contributed by atoms with Crippen LogP contribution in [0.2, 0.25) is 0 Å². The lowest BCUT2D eigenvalue weighted by atomic mass is 10.0. The summed E-state index contributed by atoms with van der Waals surface area (Å²) in [6, 6.07) is 43.5. The molecule has 67 heavy (non-hydrogen) atoms. The van der Waals surface area contributed by atoms with Gasteiger partial charge in [-0.2, -0.15) is 0 Å². The molecular formula is C57H72N4O6. The molecule has 10 heteroatoms. The molecular weight excluding hydrogens is 837 g/mol. The highest BCUT2D eigenvalue weighted by Crippen LogP contribution is 2.17. The second-order valence-electron chi connectivity index (χ2n) is 17.0. The van der Waals surface area contributed by atoms with Crippen LogP contribution in [-0.4, -0.2) is 70.6 Å². The highest BCUT2D eigenvalue weighted by molar-refractivity contribution is 5.31. The number of benzene rings is 5. The van der Waals surface area contributed by atoms with Crippen molar-refractivity contribution in [1.29, 1.82) is 0 Å². The van der Waals surface area contributed by atoms with Crippen molar-refractivity contribution >= 4 is 0 Å². The maximum atomic E-state index is 8.79. The van der Waals surface area contributed by atoms with Gasteiger partial charge in [0.1, 0.15) is 0 Å². The van der Waals surface area contributed by atoms with Crippen molar-refractivity contribution < 1.29 is 28.8 Å². The van der Waals surface area contributed by atoms with Gasteiger partial charge in [-0.3, -0.25) is 0 Å². The van der Waals surface area contributed by atoms with Crippen molar-refractivity contribution in [2.75, 3.05) is 59.4 Å². The zero-order valence-corrected chi connectivity index (χ0v) is 39.5. The van der Waals surface area contributed by atoms with Gasteiger partial charge in [0.15, 0.2) is 0 Å². The molecule has 5 aromatic carbocycles. The Labute approximate surface area is 399 Å². The summed E-state index contributed by atoms with van der Waals surface area (Å²) in [6.07, 6.45) is 6.88. The maximum Gasteiger partial charge on any atom is 0.0826 e. The summed E-state index contributed by atoms with van der Waals surface area (Å²) >= 11 is 0. The molecule has 0 aliphatic carbocycles. The maximum absolute atomic E-state index is 8.79. The summed E-state index contributed by atoms with van der Waals surface area (Å²) in [5, 5.41) is 23.2. The van der Waals surface area contributed by atoms with Gasteiger partial charge in [0.05, 0.1) is 72.2 Å². The number of aliphatic hydroxyl groups excluding tert-OH is 1. The Hall–Kier alpha value is -5.08. The fraction of sp³-hybridized carbons (Fsp3) is 0.368. The van der Waals surface area contributed by atoms with Gasteiger partial charge < -0.3 is 50.1 Å². The topological polar surface area (TPSA) is 115 Å². The first kappa shape index (κ1) is 51.3. The number of hydrogen-bond acceptors (Lipinski definition) is 10. The van der Waals surface area contributed by atoms with Crippen LogP contribution in [0.1, 0.15) is 62.6 Å². The van der Waals surface area contributed by atoms with E-state index in [0.717, 1.165) is 74.5 Å². The van der Waals surface area contributed by atoms with E-state index in [4.69, 9.17) is 28.8 Å². The molecule has 0 saturated heterocycles. The Balaban J connectivity index is 0.984. The van der Waals surface area contributed by atoms with E-state index < -0.39 is 0 Å². The Kier molecular flexibility index (Phi) is 23.2. The van der Waals surface area contributed by atoms with Crippen molar-refractivity contribution in [2.24, 2.45) is 0 Å². The van der Waals surface area contributed by atoms with Gasteiger partial charge in [0, 0.05) is 58.8 Å². The van der Waals surface area contributed by atoms with E-state index in [0.29, 0.717) is 66.0 Å². The summed E-state index contributed by atoms with van der Waals surface area (Å²) in [4.78, 5) is 0. The van der Waals surface area contributed by atoms with E-state index in [-0.39, 0.29) is 12.7 Å². The van der Waals surface area contributed by atoms with E-state index >= 15 is 0 Å². The summed E-state index contributed by atoms with van der Waals surface area (Å²) in [5.74, 6) is 0. The van der Waals surface area contributed by atoms with Crippen molar-refractivity contribution in [3.8, 4) is 0 Å². The zero-order chi connectivity index (χ0) is 46.6. The van der Waals surface area contributed by atoms with Crippen molar-refractivity contribution in [1.82, 2.24) is 21.3 Å². The molecule has 356 valence electrons. The Morgan fingerprint density at radius 3 is 1.90 bits per heavy atom. The third-order valence-electron chi connectivity index (χ3n) is 11.5. The monoisotopic (exact) mass is 909 g/mol. The largest absolute Gasteiger partial charge is 0.394 e. The smallest absolute Gasteiger partial charge is 0.0826 e. The van der Waals surface area contributed by atoms with Crippen LogP contribution in [0.5, 0.6) is 0 Å². The van der Waals surface area contributed by atoms with Gasteiger partial charge in [0.25, 0.3) is 0 Å². The van der Waals surface area contributed by atoms with E-state index in [9.17, 15) is 0 Å². The number of hydrogen-bond donors (Lipinski definition) is 5. The molecule has 0 saturated carbocycles. The minimum absolute atomic E-state index is 0.0311. The average molecular weight is 909 g/mol. The van der Waals surface area contributed by atoms with Gasteiger partial charge in [-0.05, 0) is 73.7 Å². The second-order valence-corrected chi connectivity index (χ2v) is 17.0.